The summed E-state index contributed by atoms with van der Waals surface area (Å²) in [5.74, 6) is -3.39. The number of aliphatic hydroxyl groups excluding tert-OH is 1. The van der Waals surface area contributed by atoms with Gasteiger partial charge in [0.15, 0.2) is 0 Å². The van der Waals surface area contributed by atoms with Gasteiger partial charge in [0.25, 0.3) is 0 Å². The number of hydrogen-bond donors (Lipinski definition) is 6. The maximum atomic E-state index is 12.9. The van der Waals surface area contributed by atoms with E-state index in [1.807, 2.05) is 30.3 Å². The number of carboxylic acids is 1. The van der Waals surface area contributed by atoms with Gasteiger partial charge in [0.2, 0.25) is 17.7 Å². The van der Waals surface area contributed by atoms with Crippen molar-refractivity contribution in [2.24, 2.45) is 5.73 Å². The van der Waals surface area contributed by atoms with Crippen LogP contribution >= 0.6 is 0 Å². The second kappa shape index (κ2) is 13.1. The maximum absolute atomic E-state index is 12.9. The quantitative estimate of drug-likeness (QED) is 0.239. The SMILES string of the molecule is CC(O)C(NC(=O)C(N)Cc1ccccc1)C(=O)NC(Cc1ccccc1)C(=O)NCC(=O)O. The fourth-order valence-corrected chi connectivity index (χ4v) is 3.23. The third-order valence-electron chi connectivity index (χ3n) is 5.03. The molecule has 34 heavy (non-hydrogen) atoms. The van der Waals surface area contributed by atoms with Gasteiger partial charge in [-0.3, -0.25) is 19.2 Å². The standard InChI is InChI=1S/C24H30N4O6/c1-15(29)21(28-22(32)18(25)12-16-8-4-2-5-9-16)24(34)27-19(23(33)26-14-20(30)31)13-17-10-6-3-7-11-17/h2-11,15,18-19,21,29H,12-14,25H2,1H3,(H,26,33)(H,27,34)(H,28,32)(H,30,31). The molecule has 3 amide bonds. The van der Waals surface area contributed by atoms with Gasteiger partial charge in [0.05, 0.1) is 12.1 Å². The number of carbonyl (C=O) groups excluding carboxylic acids is 3. The Labute approximate surface area is 197 Å². The third kappa shape index (κ3) is 8.64. The average Bonchev–Trinajstić information content (AvgIpc) is 2.81. The second-order valence-corrected chi connectivity index (χ2v) is 7.89. The highest BCUT2D eigenvalue weighted by Crippen LogP contribution is 2.06. The lowest BCUT2D eigenvalue weighted by atomic mass is 10.0. The highest BCUT2D eigenvalue weighted by atomic mass is 16.4. The fourth-order valence-electron chi connectivity index (χ4n) is 3.23. The van der Waals surface area contributed by atoms with E-state index >= 15 is 0 Å². The van der Waals surface area contributed by atoms with Gasteiger partial charge in [-0.25, -0.2) is 0 Å². The molecule has 0 heterocycles. The van der Waals surface area contributed by atoms with Crippen molar-refractivity contribution in [2.75, 3.05) is 6.54 Å². The maximum Gasteiger partial charge on any atom is 0.322 e. The minimum atomic E-state index is -1.38. The minimum Gasteiger partial charge on any atom is -0.480 e. The molecule has 2 aromatic rings. The number of carboxylic acid groups (broad SMARTS) is 1. The number of nitrogens with two attached hydrogens (primary N) is 1. The number of nitrogens with one attached hydrogen (secondary N) is 3. The number of aliphatic carboxylic acids is 1. The number of hydrogen-bond acceptors (Lipinski definition) is 6. The Kier molecular flexibility index (Phi) is 10.2. The molecule has 0 bridgehead atoms. The molecule has 0 saturated carbocycles. The molecule has 7 N–H and O–H groups in total. The van der Waals surface area contributed by atoms with Crippen LogP contribution in [0.2, 0.25) is 0 Å². The predicted molar refractivity (Wildman–Crippen MR) is 124 cm³/mol. The number of aliphatic hydroxyl groups is 1. The Morgan fingerprint density at radius 3 is 1.85 bits per heavy atom. The van der Waals surface area contributed by atoms with Crippen LogP contribution in [0.5, 0.6) is 0 Å². The van der Waals surface area contributed by atoms with Crippen molar-refractivity contribution in [1.82, 2.24) is 16.0 Å². The molecular formula is C24H30N4O6. The molecule has 0 spiro atoms. The molecule has 10 heteroatoms. The predicted octanol–water partition coefficient (Wildman–Crippen LogP) is -0.650. The van der Waals surface area contributed by atoms with Crippen molar-refractivity contribution in [3.05, 3.63) is 71.8 Å². The third-order valence-corrected chi connectivity index (χ3v) is 5.03. The smallest absolute Gasteiger partial charge is 0.322 e. The van der Waals surface area contributed by atoms with E-state index in [0.717, 1.165) is 11.1 Å². The monoisotopic (exact) mass is 470 g/mol. The van der Waals surface area contributed by atoms with E-state index in [9.17, 15) is 24.3 Å². The Hall–Kier alpha value is -3.76. The van der Waals surface area contributed by atoms with Crippen molar-refractivity contribution in [3.8, 4) is 0 Å². The van der Waals surface area contributed by atoms with Crippen molar-refractivity contribution < 1.29 is 29.4 Å². The molecule has 0 saturated heterocycles. The Morgan fingerprint density at radius 1 is 0.824 bits per heavy atom. The summed E-state index contributed by atoms with van der Waals surface area (Å²) >= 11 is 0. The molecule has 0 radical (unpaired) electrons. The molecule has 0 fully saturated rings. The molecule has 0 aliphatic rings. The van der Waals surface area contributed by atoms with Crippen molar-refractivity contribution in [2.45, 2.75) is 44.0 Å². The van der Waals surface area contributed by atoms with Crippen LogP contribution in [0.4, 0.5) is 0 Å². The van der Waals surface area contributed by atoms with Gasteiger partial charge in [-0.2, -0.15) is 0 Å². The Morgan fingerprint density at radius 2 is 1.35 bits per heavy atom. The molecular weight excluding hydrogens is 440 g/mol. The summed E-state index contributed by atoms with van der Waals surface area (Å²) in [5.41, 5.74) is 7.53. The topological polar surface area (TPSA) is 171 Å². The summed E-state index contributed by atoms with van der Waals surface area (Å²) in [6.45, 7) is 0.703. The van der Waals surface area contributed by atoms with Gasteiger partial charge in [0, 0.05) is 6.42 Å². The molecule has 2 rings (SSSR count). The molecule has 0 aromatic heterocycles. The second-order valence-electron chi connectivity index (χ2n) is 7.89. The molecule has 0 aliphatic carbocycles. The highest BCUT2D eigenvalue weighted by molar-refractivity contribution is 5.94. The van der Waals surface area contributed by atoms with E-state index in [4.69, 9.17) is 10.8 Å². The zero-order valence-electron chi connectivity index (χ0n) is 18.8. The van der Waals surface area contributed by atoms with E-state index in [-0.39, 0.29) is 12.8 Å². The van der Waals surface area contributed by atoms with E-state index in [0.29, 0.717) is 0 Å². The van der Waals surface area contributed by atoms with Crippen LogP contribution in [-0.2, 0) is 32.0 Å². The first-order chi connectivity index (χ1) is 16.2. The van der Waals surface area contributed by atoms with Crippen LogP contribution in [0.25, 0.3) is 0 Å². The van der Waals surface area contributed by atoms with E-state index in [2.05, 4.69) is 16.0 Å². The van der Waals surface area contributed by atoms with Gasteiger partial charge >= 0.3 is 5.97 Å². The number of carbonyl (C=O) groups is 4. The number of amides is 3. The molecule has 2 aromatic carbocycles. The zero-order valence-corrected chi connectivity index (χ0v) is 18.8. The Bertz CT molecular complexity index is 968. The van der Waals surface area contributed by atoms with Gasteiger partial charge in [-0.15, -0.1) is 0 Å². The largest absolute Gasteiger partial charge is 0.480 e. The normalized spacial score (nSPS) is 14.2. The first-order valence-corrected chi connectivity index (χ1v) is 10.8. The van der Waals surface area contributed by atoms with Crippen LogP contribution < -0.4 is 21.7 Å². The van der Waals surface area contributed by atoms with Gasteiger partial charge in [0.1, 0.15) is 18.6 Å². The van der Waals surface area contributed by atoms with Crippen LogP contribution in [0.1, 0.15) is 18.1 Å². The first kappa shape index (κ1) is 26.5. The molecule has 4 unspecified atom stereocenters. The lowest BCUT2D eigenvalue weighted by Gasteiger charge is -2.25. The van der Waals surface area contributed by atoms with Crippen LogP contribution in [0, 0.1) is 0 Å². The molecule has 0 aliphatic heterocycles. The van der Waals surface area contributed by atoms with Gasteiger partial charge in [-0.05, 0) is 24.5 Å². The van der Waals surface area contributed by atoms with E-state index < -0.39 is 54.5 Å². The van der Waals surface area contributed by atoms with Crippen LogP contribution in [0.3, 0.4) is 0 Å². The first-order valence-electron chi connectivity index (χ1n) is 10.8. The summed E-state index contributed by atoms with van der Waals surface area (Å²) in [6.07, 6.45) is -0.978. The highest BCUT2D eigenvalue weighted by Gasteiger charge is 2.31. The van der Waals surface area contributed by atoms with Crippen molar-refractivity contribution in [1.29, 1.82) is 0 Å². The van der Waals surface area contributed by atoms with Crippen LogP contribution in [0.15, 0.2) is 60.7 Å². The van der Waals surface area contributed by atoms with Crippen LogP contribution in [-0.4, -0.2) is 64.7 Å². The summed E-state index contributed by atoms with van der Waals surface area (Å²) in [4.78, 5) is 48.9. The lowest BCUT2D eigenvalue weighted by molar-refractivity contribution is -0.138. The summed E-state index contributed by atoms with van der Waals surface area (Å²) in [6, 6.07) is 14.4. The average molecular weight is 471 g/mol. The molecule has 4 atom stereocenters. The van der Waals surface area contributed by atoms with E-state index in [1.165, 1.54) is 6.92 Å². The van der Waals surface area contributed by atoms with Crippen molar-refractivity contribution >= 4 is 23.7 Å². The summed E-state index contributed by atoms with van der Waals surface area (Å²) in [7, 11) is 0. The van der Waals surface area contributed by atoms with Crippen molar-refractivity contribution in [3.63, 3.8) is 0 Å². The summed E-state index contributed by atoms with van der Waals surface area (Å²) < 4.78 is 0. The lowest BCUT2D eigenvalue weighted by Crippen LogP contribution is -2.59. The minimum absolute atomic E-state index is 0.0754. The fraction of sp³-hybridized carbons (Fsp3) is 0.333. The zero-order chi connectivity index (χ0) is 25.1. The Balaban J connectivity index is 2.09. The number of rotatable bonds is 12. The summed E-state index contributed by atoms with van der Waals surface area (Å²) in [5, 5.41) is 26.2. The molecule has 10 nitrogen and oxygen atoms in total. The molecule has 182 valence electrons. The van der Waals surface area contributed by atoms with E-state index in [1.54, 1.807) is 30.3 Å². The van der Waals surface area contributed by atoms with Gasteiger partial charge < -0.3 is 31.9 Å². The number of benzene rings is 2. The van der Waals surface area contributed by atoms with Gasteiger partial charge in [-0.1, -0.05) is 60.7 Å².